The van der Waals surface area contributed by atoms with E-state index in [1.54, 1.807) is 6.08 Å². The zero-order valence-corrected chi connectivity index (χ0v) is 15.2. The lowest BCUT2D eigenvalue weighted by atomic mass is 9.78. The van der Waals surface area contributed by atoms with Crippen molar-refractivity contribution in [1.29, 1.82) is 0 Å². The standard InChI is InChI=1S/C22H21N3O3/c23-20(26)18-16-11-12-22(28-16,19(18)21(24)27)17(13-14-7-3-1-4-8-14)25-15-9-5-2-6-10-15/h1-12,16-17,25H,13H2,(H2,23,26)(H2,24,27). The van der Waals surface area contributed by atoms with E-state index >= 15 is 0 Å². The molecule has 0 fully saturated rings. The highest BCUT2D eigenvalue weighted by atomic mass is 16.5. The summed E-state index contributed by atoms with van der Waals surface area (Å²) in [5, 5.41) is 3.46. The van der Waals surface area contributed by atoms with Crippen molar-refractivity contribution in [3.05, 3.63) is 89.5 Å². The molecule has 0 aromatic heterocycles. The molecule has 2 heterocycles. The van der Waals surface area contributed by atoms with Crippen molar-refractivity contribution in [2.45, 2.75) is 24.2 Å². The number of rotatable bonds is 7. The molecule has 2 aliphatic heterocycles. The van der Waals surface area contributed by atoms with Crippen LogP contribution in [0.3, 0.4) is 0 Å². The number of carbonyl (C=O) groups is 2. The van der Waals surface area contributed by atoms with Gasteiger partial charge in [-0.3, -0.25) is 9.59 Å². The molecule has 5 N–H and O–H groups in total. The molecule has 3 unspecified atom stereocenters. The Kier molecular flexibility index (Phi) is 4.49. The highest BCUT2D eigenvalue weighted by Crippen LogP contribution is 2.46. The van der Waals surface area contributed by atoms with Crippen molar-refractivity contribution < 1.29 is 14.3 Å². The first-order valence-corrected chi connectivity index (χ1v) is 9.08. The average molecular weight is 375 g/mol. The highest BCUT2D eigenvalue weighted by molar-refractivity contribution is 6.08. The first-order valence-electron chi connectivity index (χ1n) is 9.08. The highest BCUT2D eigenvalue weighted by Gasteiger charge is 2.56. The molecule has 2 aromatic carbocycles. The number of hydrogen-bond acceptors (Lipinski definition) is 4. The van der Waals surface area contributed by atoms with Crippen LogP contribution in [-0.2, 0) is 20.7 Å². The Bertz CT molecular complexity index is 928. The number of ether oxygens (including phenoxy) is 1. The summed E-state index contributed by atoms with van der Waals surface area (Å²) in [7, 11) is 0. The third-order valence-electron chi connectivity index (χ3n) is 5.21. The van der Waals surface area contributed by atoms with Gasteiger partial charge in [0.15, 0.2) is 0 Å². The zero-order valence-electron chi connectivity index (χ0n) is 15.2. The lowest BCUT2D eigenvalue weighted by Crippen LogP contribution is -2.50. The number of amides is 2. The van der Waals surface area contributed by atoms with Gasteiger partial charge in [-0.15, -0.1) is 0 Å². The number of anilines is 1. The molecule has 2 amide bonds. The molecule has 2 aliphatic rings. The Labute approximate surface area is 162 Å². The average Bonchev–Trinajstić information content (AvgIpc) is 3.27. The Morgan fingerprint density at radius 3 is 2.25 bits per heavy atom. The first-order chi connectivity index (χ1) is 13.5. The lowest BCUT2D eigenvalue weighted by molar-refractivity contribution is -0.117. The van der Waals surface area contributed by atoms with E-state index in [4.69, 9.17) is 16.2 Å². The molecule has 0 spiro atoms. The van der Waals surface area contributed by atoms with Gasteiger partial charge in [-0.1, -0.05) is 54.6 Å². The van der Waals surface area contributed by atoms with Gasteiger partial charge in [0.2, 0.25) is 11.8 Å². The van der Waals surface area contributed by atoms with Crippen LogP contribution in [0.1, 0.15) is 5.56 Å². The maximum atomic E-state index is 12.3. The molecule has 6 nitrogen and oxygen atoms in total. The van der Waals surface area contributed by atoms with E-state index in [-0.39, 0.29) is 17.2 Å². The monoisotopic (exact) mass is 375 g/mol. The Hall–Kier alpha value is -3.38. The lowest BCUT2D eigenvalue weighted by Gasteiger charge is -2.36. The Morgan fingerprint density at radius 1 is 1.00 bits per heavy atom. The smallest absolute Gasteiger partial charge is 0.248 e. The van der Waals surface area contributed by atoms with Crippen molar-refractivity contribution in [3.63, 3.8) is 0 Å². The van der Waals surface area contributed by atoms with Gasteiger partial charge in [0.05, 0.1) is 17.2 Å². The van der Waals surface area contributed by atoms with E-state index in [0.717, 1.165) is 11.3 Å². The SMILES string of the molecule is NC(=O)C1=C(C(N)=O)C2(C(Cc3ccccc3)Nc3ccccc3)C=CC1O2. The summed E-state index contributed by atoms with van der Waals surface area (Å²) in [6, 6.07) is 19.1. The molecule has 0 saturated carbocycles. The molecule has 142 valence electrons. The van der Waals surface area contributed by atoms with E-state index in [1.807, 2.05) is 66.7 Å². The summed E-state index contributed by atoms with van der Waals surface area (Å²) in [6.07, 6.45) is 3.47. The minimum atomic E-state index is -1.16. The number of carbonyl (C=O) groups excluding carboxylic acids is 2. The molecule has 0 radical (unpaired) electrons. The molecule has 3 atom stereocenters. The number of nitrogens with two attached hydrogens (primary N) is 2. The number of fused-ring (bicyclic) bond motifs is 2. The summed E-state index contributed by atoms with van der Waals surface area (Å²) in [4.78, 5) is 24.3. The van der Waals surface area contributed by atoms with Crippen LogP contribution >= 0.6 is 0 Å². The van der Waals surface area contributed by atoms with Gasteiger partial charge in [0.25, 0.3) is 0 Å². The Morgan fingerprint density at radius 2 is 1.64 bits per heavy atom. The second kappa shape index (κ2) is 6.98. The first kappa shape index (κ1) is 18.0. The van der Waals surface area contributed by atoms with Crippen molar-refractivity contribution in [2.24, 2.45) is 11.5 Å². The van der Waals surface area contributed by atoms with Crippen LogP contribution < -0.4 is 16.8 Å². The fourth-order valence-corrected chi connectivity index (χ4v) is 4.03. The van der Waals surface area contributed by atoms with Gasteiger partial charge in [-0.2, -0.15) is 0 Å². The van der Waals surface area contributed by atoms with Gasteiger partial charge in [0.1, 0.15) is 11.7 Å². The van der Waals surface area contributed by atoms with Crippen molar-refractivity contribution in [3.8, 4) is 0 Å². The van der Waals surface area contributed by atoms with Crippen LogP contribution in [0, 0.1) is 0 Å². The predicted octanol–water partition coefficient (Wildman–Crippen LogP) is 1.68. The maximum absolute atomic E-state index is 12.3. The number of benzene rings is 2. The summed E-state index contributed by atoms with van der Waals surface area (Å²) in [5.74, 6) is -1.39. The normalized spacial score (nSPS) is 23.6. The summed E-state index contributed by atoms with van der Waals surface area (Å²) >= 11 is 0. The number of para-hydroxylation sites is 1. The molecule has 2 aromatic rings. The van der Waals surface area contributed by atoms with Crippen molar-refractivity contribution in [1.82, 2.24) is 0 Å². The molecular formula is C22H21N3O3. The van der Waals surface area contributed by atoms with Crippen LogP contribution in [-0.4, -0.2) is 29.6 Å². The largest absolute Gasteiger partial charge is 0.378 e. The third kappa shape index (κ3) is 2.97. The molecular weight excluding hydrogens is 354 g/mol. The minimum Gasteiger partial charge on any atom is -0.378 e. The van der Waals surface area contributed by atoms with E-state index in [0.29, 0.717) is 6.42 Å². The Balaban J connectivity index is 1.80. The predicted molar refractivity (Wildman–Crippen MR) is 106 cm³/mol. The van der Waals surface area contributed by atoms with Crippen molar-refractivity contribution >= 4 is 17.5 Å². The van der Waals surface area contributed by atoms with Crippen LogP contribution in [0.2, 0.25) is 0 Å². The fourth-order valence-electron chi connectivity index (χ4n) is 4.03. The van der Waals surface area contributed by atoms with Crippen molar-refractivity contribution in [2.75, 3.05) is 5.32 Å². The van der Waals surface area contributed by atoms with Gasteiger partial charge >= 0.3 is 0 Å². The van der Waals surface area contributed by atoms with E-state index in [9.17, 15) is 9.59 Å². The number of hydrogen-bond donors (Lipinski definition) is 3. The number of nitrogens with one attached hydrogen (secondary N) is 1. The van der Waals surface area contributed by atoms with E-state index < -0.39 is 23.5 Å². The van der Waals surface area contributed by atoms with E-state index in [2.05, 4.69) is 5.32 Å². The zero-order chi connectivity index (χ0) is 19.7. The maximum Gasteiger partial charge on any atom is 0.248 e. The molecule has 4 rings (SSSR count). The molecule has 0 aliphatic carbocycles. The molecule has 28 heavy (non-hydrogen) atoms. The third-order valence-corrected chi connectivity index (χ3v) is 5.21. The fraction of sp³-hybridized carbons (Fsp3) is 0.182. The van der Waals surface area contributed by atoms with Crippen LogP contribution in [0.15, 0.2) is 84.0 Å². The summed E-state index contributed by atoms with van der Waals surface area (Å²) in [6.45, 7) is 0. The second-order valence-corrected chi connectivity index (χ2v) is 6.96. The number of primary amides is 2. The minimum absolute atomic E-state index is 0.136. The van der Waals surface area contributed by atoms with E-state index in [1.165, 1.54) is 0 Å². The topological polar surface area (TPSA) is 107 Å². The van der Waals surface area contributed by atoms with Crippen LogP contribution in [0.25, 0.3) is 0 Å². The summed E-state index contributed by atoms with van der Waals surface area (Å²) < 4.78 is 6.16. The van der Waals surface area contributed by atoms with Gasteiger partial charge in [-0.05, 0) is 30.2 Å². The molecule has 6 heteroatoms. The van der Waals surface area contributed by atoms with Crippen LogP contribution in [0.4, 0.5) is 5.69 Å². The van der Waals surface area contributed by atoms with Gasteiger partial charge in [-0.25, -0.2) is 0 Å². The van der Waals surface area contributed by atoms with Gasteiger partial charge < -0.3 is 21.5 Å². The van der Waals surface area contributed by atoms with Crippen LogP contribution in [0.5, 0.6) is 0 Å². The van der Waals surface area contributed by atoms with Gasteiger partial charge in [0, 0.05) is 5.69 Å². The summed E-state index contributed by atoms with van der Waals surface area (Å²) in [5.41, 5.74) is 12.3. The quantitative estimate of drug-likeness (QED) is 0.640. The molecule has 2 bridgehead atoms. The molecule has 0 saturated heterocycles. The second-order valence-electron chi connectivity index (χ2n) is 6.96.